The Morgan fingerprint density at radius 1 is 1.15 bits per heavy atom. The van der Waals surface area contributed by atoms with Crippen LogP contribution in [0.5, 0.6) is 5.75 Å². The van der Waals surface area contributed by atoms with Gasteiger partial charge in [0.2, 0.25) is 0 Å². The fraction of sp³-hybridized carbons (Fsp3) is 0.143. The van der Waals surface area contributed by atoms with Crippen molar-refractivity contribution in [1.29, 1.82) is 0 Å². The lowest BCUT2D eigenvalue weighted by Gasteiger charge is -2.11. The van der Waals surface area contributed by atoms with Gasteiger partial charge in [-0.2, -0.15) is 5.10 Å². The van der Waals surface area contributed by atoms with Crippen molar-refractivity contribution < 1.29 is 5.11 Å². The molecule has 1 atom stereocenters. The first-order chi connectivity index (χ1) is 12.6. The van der Waals surface area contributed by atoms with Crippen molar-refractivity contribution in [2.45, 2.75) is 12.5 Å². The molecule has 0 bridgehead atoms. The van der Waals surface area contributed by atoms with Crippen LogP contribution >= 0.6 is 0 Å². The lowest BCUT2D eigenvalue weighted by molar-refractivity contribution is 0.478. The van der Waals surface area contributed by atoms with Crippen molar-refractivity contribution in [2.24, 2.45) is 12.1 Å². The molecule has 130 valence electrons. The SMILES string of the molecule is Cn1c(=O)c(C2=NNC(C=Cc3ccccc3)C2)c(O)c2ccccc21. The van der Waals surface area contributed by atoms with Crippen LogP contribution in [0.25, 0.3) is 17.0 Å². The number of hydrogen-bond acceptors (Lipinski definition) is 4. The molecule has 5 nitrogen and oxygen atoms in total. The van der Waals surface area contributed by atoms with Gasteiger partial charge in [0.05, 0.1) is 17.3 Å². The topological polar surface area (TPSA) is 66.6 Å². The van der Waals surface area contributed by atoms with Crippen LogP contribution in [0, 0.1) is 0 Å². The van der Waals surface area contributed by atoms with Crippen LogP contribution in [0.2, 0.25) is 0 Å². The molecule has 1 aliphatic heterocycles. The van der Waals surface area contributed by atoms with E-state index in [1.54, 1.807) is 11.6 Å². The average molecular weight is 345 g/mol. The minimum Gasteiger partial charge on any atom is -0.506 e. The van der Waals surface area contributed by atoms with Gasteiger partial charge < -0.3 is 15.1 Å². The van der Waals surface area contributed by atoms with Crippen molar-refractivity contribution in [1.82, 2.24) is 9.99 Å². The summed E-state index contributed by atoms with van der Waals surface area (Å²) < 4.78 is 1.56. The van der Waals surface area contributed by atoms with E-state index in [0.29, 0.717) is 23.0 Å². The van der Waals surface area contributed by atoms with Crippen molar-refractivity contribution in [3.8, 4) is 5.75 Å². The van der Waals surface area contributed by atoms with Crippen LogP contribution < -0.4 is 11.0 Å². The van der Waals surface area contributed by atoms with Gasteiger partial charge in [0.1, 0.15) is 11.3 Å². The molecule has 0 amide bonds. The average Bonchev–Trinajstić information content (AvgIpc) is 3.14. The largest absolute Gasteiger partial charge is 0.506 e. The molecule has 1 aromatic heterocycles. The molecule has 0 saturated carbocycles. The molecule has 3 aromatic rings. The number of para-hydroxylation sites is 1. The minimum absolute atomic E-state index is 0.00283. The molecule has 0 saturated heterocycles. The number of nitrogens with zero attached hydrogens (tertiary/aromatic N) is 2. The monoisotopic (exact) mass is 345 g/mol. The van der Waals surface area contributed by atoms with Gasteiger partial charge in [-0.3, -0.25) is 4.79 Å². The molecule has 0 aliphatic carbocycles. The third kappa shape index (κ3) is 2.77. The summed E-state index contributed by atoms with van der Waals surface area (Å²) in [5, 5.41) is 15.6. The van der Waals surface area contributed by atoms with Crippen molar-refractivity contribution in [3.63, 3.8) is 0 Å². The first kappa shape index (κ1) is 16.1. The molecule has 26 heavy (non-hydrogen) atoms. The summed E-state index contributed by atoms with van der Waals surface area (Å²) in [6.45, 7) is 0. The number of benzene rings is 2. The van der Waals surface area contributed by atoms with Crippen molar-refractivity contribution >= 4 is 22.7 Å². The molecule has 5 heteroatoms. The number of nitrogens with one attached hydrogen (secondary N) is 1. The van der Waals surface area contributed by atoms with Crippen molar-refractivity contribution in [2.75, 3.05) is 0 Å². The Morgan fingerprint density at radius 2 is 1.88 bits per heavy atom. The van der Waals surface area contributed by atoms with E-state index in [1.165, 1.54) is 0 Å². The Labute approximate surface area is 150 Å². The van der Waals surface area contributed by atoms with Gasteiger partial charge >= 0.3 is 0 Å². The van der Waals surface area contributed by atoms with Gasteiger partial charge in [0, 0.05) is 18.9 Å². The summed E-state index contributed by atoms with van der Waals surface area (Å²) in [6, 6.07) is 17.3. The predicted molar refractivity (Wildman–Crippen MR) is 104 cm³/mol. The van der Waals surface area contributed by atoms with E-state index in [-0.39, 0.29) is 22.9 Å². The number of hydrogen-bond donors (Lipinski definition) is 2. The molecule has 2 N–H and O–H groups in total. The summed E-state index contributed by atoms with van der Waals surface area (Å²) in [5.74, 6) is -0.00283. The lowest BCUT2D eigenvalue weighted by atomic mass is 10.0. The summed E-state index contributed by atoms with van der Waals surface area (Å²) >= 11 is 0. The molecule has 0 radical (unpaired) electrons. The molecule has 4 rings (SSSR count). The number of hydrazone groups is 1. The van der Waals surface area contributed by atoms with E-state index in [9.17, 15) is 9.90 Å². The highest BCUT2D eigenvalue weighted by atomic mass is 16.3. The summed E-state index contributed by atoms with van der Waals surface area (Å²) in [6.07, 6.45) is 4.59. The zero-order valence-electron chi connectivity index (χ0n) is 14.4. The van der Waals surface area contributed by atoms with Crippen LogP contribution in [0.4, 0.5) is 0 Å². The molecule has 2 heterocycles. The Hall–Kier alpha value is -3.34. The molecular weight excluding hydrogens is 326 g/mol. The summed E-state index contributed by atoms with van der Waals surface area (Å²) in [4.78, 5) is 12.8. The van der Waals surface area contributed by atoms with Gasteiger partial charge in [-0.25, -0.2) is 0 Å². The zero-order chi connectivity index (χ0) is 18.1. The number of aromatic hydroxyl groups is 1. The van der Waals surface area contributed by atoms with Crippen molar-refractivity contribution in [3.05, 3.63) is 82.2 Å². The lowest BCUT2D eigenvalue weighted by Crippen LogP contribution is -2.25. The van der Waals surface area contributed by atoms with Gasteiger partial charge in [0.25, 0.3) is 5.56 Å². The van der Waals surface area contributed by atoms with E-state index in [4.69, 9.17) is 0 Å². The predicted octanol–water partition coefficient (Wildman–Crippen LogP) is 3.02. The van der Waals surface area contributed by atoms with E-state index in [0.717, 1.165) is 5.56 Å². The van der Waals surface area contributed by atoms with Gasteiger partial charge in [-0.05, 0) is 17.7 Å². The Morgan fingerprint density at radius 3 is 2.69 bits per heavy atom. The zero-order valence-corrected chi connectivity index (χ0v) is 14.4. The number of fused-ring (bicyclic) bond motifs is 1. The highest BCUT2D eigenvalue weighted by Crippen LogP contribution is 2.28. The highest BCUT2D eigenvalue weighted by Gasteiger charge is 2.25. The quantitative estimate of drug-likeness (QED) is 0.767. The fourth-order valence-electron chi connectivity index (χ4n) is 3.26. The van der Waals surface area contributed by atoms with E-state index in [2.05, 4.69) is 10.5 Å². The number of aromatic nitrogens is 1. The maximum Gasteiger partial charge on any atom is 0.263 e. The highest BCUT2D eigenvalue weighted by molar-refractivity contribution is 6.07. The second-order valence-electron chi connectivity index (χ2n) is 6.37. The van der Waals surface area contributed by atoms with Gasteiger partial charge in [-0.15, -0.1) is 0 Å². The Bertz CT molecular complexity index is 1080. The van der Waals surface area contributed by atoms with Crippen LogP contribution in [0.3, 0.4) is 0 Å². The molecule has 0 spiro atoms. The van der Waals surface area contributed by atoms with Crippen LogP contribution in [0.1, 0.15) is 17.5 Å². The van der Waals surface area contributed by atoms with Crippen LogP contribution in [-0.2, 0) is 7.05 Å². The van der Waals surface area contributed by atoms with E-state index >= 15 is 0 Å². The summed E-state index contributed by atoms with van der Waals surface area (Å²) in [5.41, 5.74) is 5.45. The molecule has 1 aliphatic rings. The van der Waals surface area contributed by atoms with Gasteiger partial charge in [0.15, 0.2) is 0 Å². The second kappa shape index (κ2) is 6.52. The van der Waals surface area contributed by atoms with Crippen LogP contribution in [-0.4, -0.2) is 21.4 Å². The molecule has 2 aromatic carbocycles. The van der Waals surface area contributed by atoms with Gasteiger partial charge in [-0.1, -0.05) is 54.6 Å². The maximum absolute atomic E-state index is 12.8. The molecule has 1 unspecified atom stereocenters. The number of aryl methyl sites for hydroxylation is 1. The first-order valence-corrected chi connectivity index (χ1v) is 8.51. The Kier molecular flexibility index (Phi) is 4.05. The number of rotatable bonds is 3. The maximum atomic E-state index is 12.8. The van der Waals surface area contributed by atoms with E-state index in [1.807, 2.05) is 66.7 Å². The standard InChI is InChI=1S/C21H19N3O2/c1-24-18-10-6-5-9-16(18)20(25)19(21(24)26)17-13-15(22-23-17)12-11-14-7-3-2-4-8-14/h2-12,15,22,25H,13H2,1H3. The molecular formula is C21H19N3O2. The first-order valence-electron chi connectivity index (χ1n) is 8.51. The minimum atomic E-state index is -0.241. The van der Waals surface area contributed by atoms with Crippen LogP contribution in [0.15, 0.2) is 70.6 Å². The smallest absolute Gasteiger partial charge is 0.263 e. The fourth-order valence-corrected chi connectivity index (χ4v) is 3.26. The Balaban J connectivity index is 1.65. The normalized spacial score (nSPS) is 16.8. The third-order valence-electron chi connectivity index (χ3n) is 4.66. The van der Waals surface area contributed by atoms with E-state index < -0.39 is 0 Å². The number of pyridine rings is 1. The third-order valence-corrected chi connectivity index (χ3v) is 4.66. The molecule has 0 fully saturated rings. The second-order valence-corrected chi connectivity index (χ2v) is 6.37. The summed E-state index contributed by atoms with van der Waals surface area (Å²) in [7, 11) is 1.71.